The summed E-state index contributed by atoms with van der Waals surface area (Å²) in [5.41, 5.74) is 4.18. The zero-order valence-corrected chi connectivity index (χ0v) is 19.4. The van der Waals surface area contributed by atoms with Crippen LogP contribution < -0.4 is 5.43 Å². The van der Waals surface area contributed by atoms with E-state index in [0.717, 1.165) is 24.4 Å². The Hall–Kier alpha value is -4.00. The molecule has 0 atom stereocenters. The molecular formula is C27H27N3O4. The van der Waals surface area contributed by atoms with Crippen molar-refractivity contribution in [2.75, 3.05) is 6.61 Å². The summed E-state index contributed by atoms with van der Waals surface area (Å²) in [7, 11) is 0. The number of aromatic nitrogens is 3. The first-order valence-electron chi connectivity index (χ1n) is 11.3. The molecule has 0 fully saturated rings. The Morgan fingerprint density at radius 1 is 0.971 bits per heavy atom. The fourth-order valence-corrected chi connectivity index (χ4v) is 4.15. The summed E-state index contributed by atoms with van der Waals surface area (Å²) >= 11 is 0. The number of hydrogen-bond donors (Lipinski definition) is 0. The van der Waals surface area contributed by atoms with Gasteiger partial charge in [-0.3, -0.25) is 19.1 Å². The lowest BCUT2D eigenvalue weighted by Gasteiger charge is -2.10. The highest BCUT2D eigenvalue weighted by atomic mass is 16.5. The van der Waals surface area contributed by atoms with Gasteiger partial charge in [-0.1, -0.05) is 42.5 Å². The van der Waals surface area contributed by atoms with Gasteiger partial charge in [-0.25, -0.2) is 0 Å². The summed E-state index contributed by atoms with van der Waals surface area (Å²) in [6, 6.07) is 19.2. The molecule has 0 radical (unpaired) electrons. The molecule has 0 aliphatic carbocycles. The van der Waals surface area contributed by atoms with Gasteiger partial charge < -0.3 is 9.30 Å². The topological polar surface area (TPSA) is 83.2 Å². The van der Waals surface area contributed by atoms with Gasteiger partial charge in [0, 0.05) is 28.9 Å². The van der Waals surface area contributed by atoms with Crippen LogP contribution in [0.3, 0.4) is 0 Å². The molecule has 4 aromatic rings. The fraction of sp³-hybridized carbons (Fsp3) is 0.259. The Bertz CT molecular complexity index is 1390. The van der Waals surface area contributed by atoms with Gasteiger partial charge in [0.1, 0.15) is 0 Å². The summed E-state index contributed by atoms with van der Waals surface area (Å²) < 4.78 is 8.97. The molecule has 174 valence electrons. The number of nitrogens with zero attached hydrogens (tertiary/aromatic N) is 3. The van der Waals surface area contributed by atoms with Gasteiger partial charge in [0.2, 0.25) is 11.2 Å². The van der Waals surface area contributed by atoms with Crippen LogP contribution in [0.4, 0.5) is 0 Å². The Morgan fingerprint density at radius 3 is 2.50 bits per heavy atom. The van der Waals surface area contributed by atoms with Crippen molar-refractivity contribution in [3.63, 3.8) is 0 Å². The summed E-state index contributed by atoms with van der Waals surface area (Å²) in [5, 5.41) is 4.66. The first-order chi connectivity index (χ1) is 16.4. The average molecular weight is 458 g/mol. The molecule has 2 aromatic carbocycles. The highest BCUT2D eigenvalue weighted by Crippen LogP contribution is 2.17. The summed E-state index contributed by atoms with van der Waals surface area (Å²) in [4.78, 5) is 37.0. The van der Waals surface area contributed by atoms with Gasteiger partial charge in [0.15, 0.2) is 6.61 Å². The number of hydrogen-bond acceptors (Lipinski definition) is 5. The summed E-state index contributed by atoms with van der Waals surface area (Å²) in [6.07, 6.45) is 2.15. The third kappa shape index (κ3) is 5.14. The number of aryl methyl sites for hydroxylation is 3. The maximum atomic E-state index is 12.8. The van der Waals surface area contributed by atoms with E-state index < -0.39 is 5.97 Å². The highest BCUT2D eigenvalue weighted by molar-refractivity contribution is 5.99. The molecule has 0 bridgehead atoms. The number of benzene rings is 2. The molecule has 2 heterocycles. The summed E-state index contributed by atoms with van der Waals surface area (Å²) in [5.74, 6) is -0.713. The van der Waals surface area contributed by atoms with Gasteiger partial charge in [-0.2, -0.15) is 5.10 Å². The first-order valence-corrected chi connectivity index (χ1v) is 11.3. The molecule has 2 aromatic heterocycles. The molecule has 4 rings (SSSR count). The molecule has 34 heavy (non-hydrogen) atoms. The van der Waals surface area contributed by atoms with E-state index in [2.05, 4.69) is 21.8 Å². The molecule has 7 nitrogen and oxygen atoms in total. The number of carbonyl (C=O) groups is 2. The van der Waals surface area contributed by atoms with Crippen LogP contribution in [0.2, 0.25) is 0 Å². The van der Waals surface area contributed by atoms with Crippen molar-refractivity contribution in [3.8, 4) is 0 Å². The standard InChI is InChI=1S/C27H27N3O4/c1-19-16-23(20(2)29(19)14-12-21-8-4-3-5-9-21)26(32)18-34-27(33)13-15-30-24-11-7-6-10-22(24)25(31)17-28-30/h3-11,16-17H,12-15,18H2,1-2H3. The van der Waals surface area contributed by atoms with Crippen LogP contribution in [0.25, 0.3) is 10.9 Å². The third-order valence-corrected chi connectivity index (χ3v) is 5.99. The van der Waals surface area contributed by atoms with Crippen molar-refractivity contribution in [3.05, 3.63) is 99.6 Å². The van der Waals surface area contributed by atoms with Gasteiger partial charge in [0.05, 0.1) is 24.7 Å². The number of Topliss-reactive ketones (excluding diaryl/α,β-unsaturated/α-hetero) is 1. The van der Waals surface area contributed by atoms with Gasteiger partial charge >= 0.3 is 5.97 Å². The number of fused-ring (bicyclic) bond motifs is 1. The number of para-hydroxylation sites is 1. The van der Waals surface area contributed by atoms with Crippen LogP contribution >= 0.6 is 0 Å². The maximum absolute atomic E-state index is 12.8. The lowest BCUT2D eigenvalue weighted by Crippen LogP contribution is -2.18. The summed E-state index contributed by atoms with van der Waals surface area (Å²) in [6.45, 7) is 4.61. The van der Waals surface area contributed by atoms with E-state index in [9.17, 15) is 14.4 Å². The molecule has 7 heteroatoms. The molecule has 0 saturated heterocycles. The van der Waals surface area contributed by atoms with Gasteiger partial charge in [-0.05, 0) is 44.0 Å². The van der Waals surface area contributed by atoms with Crippen molar-refractivity contribution in [2.45, 2.75) is 39.8 Å². The van der Waals surface area contributed by atoms with Gasteiger partial charge in [-0.15, -0.1) is 0 Å². The molecule has 0 aliphatic heterocycles. The quantitative estimate of drug-likeness (QED) is 0.281. The van der Waals surface area contributed by atoms with E-state index in [4.69, 9.17) is 4.74 Å². The maximum Gasteiger partial charge on any atom is 0.308 e. The van der Waals surface area contributed by atoms with E-state index in [1.165, 1.54) is 11.8 Å². The Labute approximate surface area is 197 Å². The van der Waals surface area contributed by atoms with E-state index in [0.29, 0.717) is 16.5 Å². The van der Waals surface area contributed by atoms with Crippen LogP contribution in [0, 0.1) is 13.8 Å². The van der Waals surface area contributed by atoms with E-state index in [1.807, 2.05) is 44.2 Å². The van der Waals surface area contributed by atoms with E-state index in [1.54, 1.807) is 22.9 Å². The molecule has 0 aliphatic rings. The number of ether oxygens (including phenoxy) is 1. The predicted octanol–water partition coefficient (Wildman–Crippen LogP) is 3.87. The molecule has 0 amide bonds. The van der Waals surface area contributed by atoms with Crippen LogP contribution in [0.5, 0.6) is 0 Å². The Kier molecular flexibility index (Phi) is 7.01. The van der Waals surface area contributed by atoms with Crippen LogP contribution in [0.1, 0.15) is 33.7 Å². The van der Waals surface area contributed by atoms with Crippen LogP contribution in [-0.4, -0.2) is 32.7 Å². The van der Waals surface area contributed by atoms with Crippen LogP contribution in [-0.2, 0) is 29.0 Å². The average Bonchev–Trinajstić information content (AvgIpc) is 3.14. The predicted molar refractivity (Wildman–Crippen MR) is 130 cm³/mol. The highest BCUT2D eigenvalue weighted by Gasteiger charge is 2.17. The monoisotopic (exact) mass is 457 g/mol. The minimum absolute atomic E-state index is 0.0449. The number of rotatable bonds is 9. The molecule has 0 unspecified atom stereocenters. The molecule has 0 spiro atoms. The third-order valence-electron chi connectivity index (χ3n) is 5.99. The molecule has 0 N–H and O–H groups in total. The second kappa shape index (κ2) is 10.3. The minimum atomic E-state index is -0.490. The Morgan fingerprint density at radius 2 is 1.71 bits per heavy atom. The zero-order chi connectivity index (χ0) is 24.1. The lowest BCUT2D eigenvalue weighted by atomic mass is 10.1. The van der Waals surface area contributed by atoms with Crippen molar-refractivity contribution >= 4 is 22.7 Å². The number of ketones is 1. The van der Waals surface area contributed by atoms with Crippen molar-refractivity contribution < 1.29 is 14.3 Å². The number of carbonyl (C=O) groups excluding carboxylic acids is 2. The number of esters is 1. The Balaban J connectivity index is 1.33. The minimum Gasteiger partial charge on any atom is -0.457 e. The second-order valence-corrected chi connectivity index (χ2v) is 8.26. The van der Waals surface area contributed by atoms with E-state index in [-0.39, 0.29) is 30.8 Å². The smallest absolute Gasteiger partial charge is 0.308 e. The molecular weight excluding hydrogens is 430 g/mol. The first kappa shape index (κ1) is 23.2. The zero-order valence-electron chi connectivity index (χ0n) is 19.4. The SMILES string of the molecule is Cc1cc(C(=O)COC(=O)CCn2ncc(=O)c3ccccc32)c(C)n1CCc1ccccc1. The molecule has 0 saturated carbocycles. The van der Waals surface area contributed by atoms with Crippen molar-refractivity contribution in [2.24, 2.45) is 0 Å². The van der Waals surface area contributed by atoms with Crippen molar-refractivity contribution in [1.82, 2.24) is 14.3 Å². The van der Waals surface area contributed by atoms with Crippen molar-refractivity contribution in [1.29, 1.82) is 0 Å². The largest absolute Gasteiger partial charge is 0.457 e. The van der Waals surface area contributed by atoms with E-state index >= 15 is 0 Å². The normalized spacial score (nSPS) is 11.0. The van der Waals surface area contributed by atoms with Gasteiger partial charge in [0.25, 0.3) is 0 Å². The second-order valence-electron chi connectivity index (χ2n) is 8.26. The lowest BCUT2D eigenvalue weighted by molar-refractivity contribution is -0.142. The van der Waals surface area contributed by atoms with Crippen LogP contribution in [0.15, 0.2) is 71.7 Å². The fourth-order valence-electron chi connectivity index (χ4n) is 4.15.